The van der Waals surface area contributed by atoms with E-state index in [4.69, 9.17) is 0 Å². The van der Waals surface area contributed by atoms with Crippen LogP contribution in [0.5, 0.6) is 0 Å². The van der Waals surface area contributed by atoms with Gasteiger partial charge in [0.15, 0.2) is 0 Å². The van der Waals surface area contributed by atoms with E-state index in [0.717, 1.165) is 31.5 Å². The Labute approximate surface area is 129 Å². The number of aromatic nitrogens is 1. The molecule has 0 bridgehead atoms. The number of nitrogens with zero attached hydrogens (tertiary/aromatic N) is 3. The van der Waals surface area contributed by atoms with Crippen molar-refractivity contribution in [2.45, 2.75) is 31.7 Å². The van der Waals surface area contributed by atoms with Gasteiger partial charge in [-0.1, -0.05) is 0 Å². The summed E-state index contributed by atoms with van der Waals surface area (Å²) in [7, 11) is 0. The molecule has 1 aromatic heterocycles. The Kier molecular flexibility index (Phi) is 3.06. The van der Waals surface area contributed by atoms with Crippen molar-refractivity contribution in [2.24, 2.45) is 5.41 Å². The van der Waals surface area contributed by atoms with E-state index in [2.05, 4.69) is 10.3 Å². The second-order valence-corrected chi connectivity index (χ2v) is 6.76. The first-order valence-electron chi connectivity index (χ1n) is 7.91. The number of amides is 3. The summed E-state index contributed by atoms with van der Waals surface area (Å²) in [4.78, 5) is 32.3. The zero-order valence-corrected chi connectivity index (χ0v) is 12.5. The van der Waals surface area contributed by atoms with Crippen LogP contribution in [0.4, 0.5) is 10.5 Å². The molecule has 2 saturated heterocycles. The molecule has 1 aromatic rings. The molecule has 1 spiro atoms. The van der Waals surface area contributed by atoms with Crippen molar-refractivity contribution in [2.75, 3.05) is 24.5 Å². The smallest absolute Gasteiger partial charge is 0.317 e. The fraction of sp³-hybridized carbons (Fsp3) is 0.562. The summed E-state index contributed by atoms with van der Waals surface area (Å²) in [6, 6.07) is 4.17. The predicted octanol–water partition coefficient (Wildman–Crippen LogP) is 1.38. The first-order chi connectivity index (χ1) is 10.7. The molecule has 6 nitrogen and oxygen atoms in total. The van der Waals surface area contributed by atoms with Gasteiger partial charge in [0.05, 0.1) is 11.9 Å². The number of anilines is 1. The highest BCUT2D eigenvalue weighted by Gasteiger charge is 2.49. The van der Waals surface area contributed by atoms with E-state index in [-0.39, 0.29) is 17.4 Å². The van der Waals surface area contributed by atoms with Crippen LogP contribution >= 0.6 is 0 Å². The van der Waals surface area contributed by atoms with Gasteiger partial charge >= 0.3 is 6.03 Å². The lowest BCUT2D eigenvalue weighted by Crippen LogP contribution is -2.41. The molecule has 1 aliphatic carbocycles. The third kappa shape index (κ3) is 2.42. The highest BCUT2D eigenvalue weighted by atomic mass is 16.2. The van der Waals surface area contributed by atoms with Crippen molar-refractivity contribution >= 4 is 17.6 Å². The molecular formula is C16H20N4O2. The minimum atomic E-state index is -0.0895. The van der Waals surface area contributed by atoms with Gasteiger partial charge in [0, 0.05) is 43.7 Å². The summed E-state index contributed by atoms with van der Waals surface area (Å²) in [6.07, 6.45) is 7.04. The summed E-state index contributed by atoms with van der Waals surface area (Å²) in [5, 5.41) is 3.03. The lowest BCUT2D eigenvalue weighted by molar-refractivity contribution is -0.117. The van der Waals surface area contributed by atoms with E-state index in [0.29, 0.717) is 25.6 Å². The molecule has 2 aliphatic heterocycles. The number of likely N-dealkylation sites (tertiary alicyclic amines) is 1. The molecule has 6 heteroatoms. The first kappa shape index (κ1) is 13.5. The molecule has 22 heavy (non-hydrogen) atoms. The molecule has 1 N–H and O–H groups in total. The van der Waals surface area contributed by atoms with E-state index in [1.807, 2.05) is 21.9 Å². The highest BCUT2D eigenvalue weighted by Crippen LogP contribution is 2.41. The van der Waals surface area contributed by atoms with Crippen LogP contribution < -0.4 is 10.2 Å². The average Bonchev–Trinajstić information content (AvgIpc) is 3.15. The van der Waals surface area contributed by atoms with Crippen LogP contribution in [0.2, 0.25) is 0 Å². The zero-order valence-electron chi connectivity index (χ0n) is 12.5. The number of carbonyl (C=O) groups excluding carboxylic acids is 2. The summed E-state index contributed by atoms with van der Waals surface area (Å²) < 4.78 is 0. The van der Waals surface area contributed by atoms with Crippen molar-refractivity contribution in [1.82, 2.24) is 15.2 Å². The maximum absolute atomic E-state index is 12.4. The number of hydrogen-bond donors (Lipinski definition) is 1. The largest absolute Gasteiger partial charge is 0.335 e. The molecule has 0 unspecified atom stereocenters. The van der Waals surface area contributed by atoms with Crippen LogP contribution in [0.25, 0.3) is 0 Å². The number of carbonyl (C=O) groups is 2. The van der Waals surface area contributed by atoms with Crippen LogP contribution in [0.15, 0.2) is 24.5 Å². The van der Waals surface area contributed by atoms with Gasteiger partial charge in [0.1, 0.15) is 0 Å². The van der Waals surface area contributed by atoms with Crippen LogP contribution in [-0.2, 0) is 4.79 Å². The zero-order chi connectivity index (χ0) is 15.2. The van der Waals surface area contributed by atoms with Crippen LogP contribution in [0.1, 0.15) is 25.7 Å². The fourth-order valence-corrected chi connectivity index (χ4v) is 3.52. The van der Waals surface area contributed by atoms with Gasteiger partial charge in [-0.15, -0.1) is 0 Å². The Morgan fingerprint density at radius 1 is 1.36 bits per heavy atom. The molecule has 3 fully saturated rings. The maximum atomic E-state index is 12.4. The van der Waals surface area contributed by atoms with E-state index in [1.54, 1.807) is 12.4 Å². The quantitative estimate of drug-likeness (QED) is 0.897. The number of nitrogens with one attached hydrogen (secondary N) is 1. The molecule has 4 rings (SSSR count). The molecule has 3 aliphatic rings. The van der Waals surface area contributed by atoms with Crippen LogP contribution in [0, 0.1) is 5.41 Å². The standard InChI is InChI=1S/C16H20N4O2/c21-14-8-16(11-20(14)13-2-1-6-17-9-13)5-7-19(10-16)15(22)18-12-3-4-12/h1-2,6,9,12H,3-5,7-8,10-11H2,(H,18,22)/t16-/m1/s1. The topological polar surface area (TPSA) is 65.5 Å². The molecular weight excluding hydrogens is 280 g/mol. The number of rotatable bonds is 2. The Morgan fingerprint density at radius 3 is 2.95 bits per heavy atom. The molecule has 3 heterocycles. The highest BCUT2D eigenvalue weighted by molar-refractivity contribution is 5.96. The van der Waals surface area contributed by atoms with Gasteiger partial charge in [-0.05, 0) is 31.4 Å². The molecule has 0 aromatic carbocycles. The minimum absolute atomic E-state index is 0.0339. The van der Waals surface area contributed by atoms with Crippen LogP contribution in [-0.4, -0.2) is 47.5 Å². The Hall–Kier alpha value is -2.11. The fourth-order valence-electron chi connectivity index (χ4n) is 3.52. The Balaban J connectivity index is 1.45. The lowest BCUT2D eigenvalue weighted by Gasteiger charge is -2.24. The van der Waals surface area contributed by atoms with Gasteiger partial charge < -0.3 is 15.1 Å². The lowest BCUT2D eigenvalue weighted by atomic mass is 9.86. The molecule has 1 atom stereocenters. The second kappa shape index (κ2) is 4.97. The van der Waals surface area contributed by atoms with Gasteiger partial charge in [0.25, 0.3) is 0 Å². The Bertz CT molecular complexity index is 601. The Morgan fingerprint density at radius 2 is 2.23 bits per heavy atom. The van der Waals surface area contributed by atoms with Crippen LogP contribution in [0.3, 0.4) is 0 Å². The molecule has 116 valence electrons. The van der Waals surface area contributed by atoms with E-state index < -0.39 is 0 Å². The number of hydrogen-bond acceptors (Lipinski definition) is 3. The summed E-state index contributed by atoms with van der Waals surface area (Å²) in [5.74, 6) is 0.137. The summed E-state index contributed by atoms with van der Waals surface area (Å²) in [5.41, 5.74) is 0.763. The van der Waals surface area contributed by atoms with Gasteiger partial charge in [-0.25, -0.2) is 4.79 Å². The molecule has 0 radical (unpaired) electrons. The van der Waals surface area contributed by atoms with Gasteiger partial charge in [0.2, 0.25) is 5.91 Å². The SMILES string of the molecule is O=C(NC1CC1)N1CC[C@@]2(CC(=O)N(c3cccnc3)C2)C1. The van der Waals surface area contributed by atoms with Crippen molar-refractivity contribution in [1.29, 1.82) is 0 Å². The van der Waals surface area contributed by atoms with E-state index in [9.17, 15) is 9.59 Å². The molecule has 1 saturated carbocycles. The predicted molar refractivity (Wildman–Crippen MR) is 81.4 cm³/mol. The first-order valence-corrected chi connectivity index (χ1v) is 7.91. The van der Waals surface area contributed by atoms with E-state index >= 15 is 0 Å². The number of urea groups is 1. The number of pyridine rings is 1. The normalized spacial score (nSPS) is 27.7. The minimum Gasteiger partial charge on any atom is -0.335 e. The van der Waals surface area contributed by atoms with Crippen molar-refractivity contribution in [3.8, 4) is 0 Å². The van der Waals surface area contributed by atoms with Gasteiger partial charge in [-0.2, -0.15) is 0 Å². The maximum Gasteiger partial charge on any atom is 0.317 e. The summed E-state index contributed by atoms with van der Waals surface area (Å²) in [6.45, 7) is 2.10. The average molecular weight is 300 g/mol. The van der Waals surface area contributed by atoms with Crippen molar-refractivity contribution in [3.63, 3.8) is 0 Å². The molecule has 3 amide bonds. The van der Waals surface area contributed by atoms with Crippen molar-refractivity contribution < 1.29 is 9.59 Å². The third-order valence-electron chi connectivity index (χ3n) is 4.91. The van der Waals surface area contributed by atoms with Gasteiger partial charge in [-0.3, -0.25) is 9.78 Å². The second-order valence-electron chi connectivity index (χ2n) is 6.76. The monoisotopic (exact) mass is 300 g/mol. The summed E-state index contributed by atoms with van der Waals surface area (Å²) >= 11 is 0. The third-order valence-corrected chi connectivity index (χ3v) is 4.91. The van der Waals surface area contributed by atoms with Crippen molar-refractivity contribution in [3.05, 3.63) is 24.5 Å². The van der Waals surface area contributed by atoms with E-state index in [1.165, 1.54) is 0 Å².